The number of hydrogen-bond acceptors (Lipinski definition) is 2. The van der Waals surface area contributed by atoms with E-state index in [1.54, 1.807) is 12.1 Å². The third-order valence-electron chi connectivity index (χ3n) is 2.86. The van der Waals surface area contributed by atoms with Crippen LogP contribution in [-0.2, 0) is 12.7 Å². The first kappa shape index (κ1) is 14.6. The second-order valence-corrected chi connectivity index (χ2v) is 4.45. The molecule has 3 nitrogen and oxygen atoms in total. The largest absolute Gasteiger partial charge is 0.435 e. The topological polar surface area (TPSA) is 29.9 Å². The number of halogens is 3. The fraction of sp³-hybridized carbons (Fsp3) is 0.357. The van der Waals surface area contributed by atoms with Gasteiger partial charge in [0.25, 0.3) is 0 Å². The minimum absolute atomic E-state index is 0.602. The van der Waals surface area contributed by atoms with Crippen molar-refractivity contribution in [2.24, 2.45) is 0 Å². The van der Waals surface area contributed by atoms with Crippen molar-refractivity contribution in [3.8, 4) is 5.69 Å². The molecule has 1 N–H and O–H groups in total. The molecular formula is C14H16F3N3. The lowest BCUT2D eigenvalue weighted by atomic mass is 10.2. The van der Waals surface area contributed by atoms with Gasteiger partial charge in [0, 0.05) is 12.7 Å². The summed E-state index contributed by atoms with van der Waals surface area (Å²) in [5.41, 5.74) is 0.693. The molecule has 0 atom stereocenters. The predicted octanol–water partition coefficient (Wildman–Crippen LogP) is 3.39. The van der Waals surface area contributed by atoms with Crippen molar-refractivity contribution in [3.05, 3.63) is 47.8 Å². The van der Waals surface area contributed by atoms with Gasteiger partial charge in [-0.1, -0.05) is 25.1 Å². The standard InChI is InChI=1S/C14H16F3N3/c1-2-8-18-10-11-5-3-4-6-12(11)20-9-7-13(19-20)14(15,16)17/h3-7,9,18H,2,8,10H2,1H3. The van der Waals surface area contributed by atoms with E-state index in [-0.39, 0.29) is 0 Å². The number of rotatable bonds is 5. The van der Waals surface area contributed by atoms with Gasteiger partial charge in [0.15, 0.2) is 5.69 Å². The van der Waals surface area contributed by atoms with E-state index in [0.29, 0.717) is 12.2 Å². The molecule has 0 aliphatic rings. The second kappa shape index (κ2) is 6.09. The minimum atomic E-state index is -4.42. The van der Waals surface area contributed by atoms with Crippen molar-refractivity contribution in [2.75, 3.05) is 6.54 Å². The quantitative estimate of drug-likeness (QED) is 0.852. The van der Waals surface area contributed by atoms with Crippen molar-refractivity contribution in [2.45, 2.75) is 26.1 Å². The Balaban J connectivity index is 2.26. The molecule has 6 heteroatoms. The van der Waals surface area contributed by atoms with E-state index in [9.17, 15) is 13.2 Å². The molecule has 0 aliphatic heterocycles. The molecule has 108 valence electrons. The molecule has 20 heavy (non-hydrogen) atoms. The van der Waals surface area contributed by atoms with E-state index in [4.69, 9.17) is 0 Å². The Hall–Kier alpha value is -1.82. The average Bonchev–Trinajstić information content (AvgIpc) is 2.89. The summed E-state index contributed by atoms with van der Waals surface area (Å²) in [5.74, 6) is 0. The van der Waals surface area contributed by atoms with E-state index in [1.807, 2.05) is 12.1 Å². The van der Waals surface area contributed by atoms with Gasteiger partial charge in [-0.25, -0.2) is 4.68 Å². The molecule has 0 saturated heterocycles. The Bertz CT molecular complexity index is 561. The minimum Gasteiger partial charge on any atom is -0.313 e. The Labute approximate surface area is 115 Å². The molecule has 2 rings (SSSR count). The van der Waals surface area contributed by atoms with Crippen molar-refractivity contribution in [1.82, 2.24) is 15.1 Å². The third-order valence-corrected chi connectivity index (χ3v) is 2.86. The van der Waals surface area contributed by atoms with Crippen LogP contribution in [0.4, 0.5) is 13.2 Å². The maximum absolute atomic E-state index is 12.6. The highest BCUT2D eigenvalue weighted by atomic mass is 19.4. The van der Waals surface area contributed by atoms with Crippen LogP contribution in [0.25, 0.3) is 5.69 Å². The van der Waals surface area contributed by atoms with Gasteiger partial charge >= 0.3 is 6.18 Å². The van der Waals surface area contributed by atoms with Gasteiger partial charge in [-0.2, -0.15) is 18.3 Å². The average molecular weight is 283 g/mol. The molecule has 0 aliphatic carbocycles. The van der Waals surface area contributed by atoms with E-state index < -0.39 is 11.9 Å². The Morgan fingerprint density at radius 1 is 1.20 bits per heavy atom. The van der Waals surface area contributed by atoms with Gasteiger partial charge in [-0.15, -0.1) is 0 Å². The first-order valence-electron chi connectivity index (χ1n) is 6.44. The van der Waals surface area contributed by atoms with Crippen LogP contribution in [-0.4, -0.2) is 16.3 Å². The lowest BCUT2D eigenvalue weighted by molar-refractivity contribution is -0.141. The zero-order chi connectivity index (χ0) is 14.6. The fourth-order valence-corrected chi connectivity index (χ4v) is 1.89. The highest BCUT2D eigenvalue weighted by Crippen LogP contribution is 2.28. The first-order chi connectivity index (χ1) is 9.52. The SMILES string of the molecule is CCCNCc1ccccc1-n1ccc(C(F)(F)F)n1. The summed E-state index contributed by atoms with van der Waals surface area (Å²) in [6, 6.07) is 8.27. The summed E-state index contributed by atoms with van der Waals surface area (Å²) < 4.78 is 39.0. The predicted molar refractivity (Wildman–Crippen MR) is 70.6 cm³/mol. The van der Waals surface area contributed by atoms with Gasteiger partial charge < -0.3 is 5.32 Å². The van der Waals surface area contributed by atoms with E-state index in [2.05, 4.69) is 17.3 Å². The number of alkyl halides is 3. The fourth-order valence-electron chi connectivity index (χ4n) is 1.89. The van der Waals surface area contributed by atoms with Crippen LogP contribution < -0.4 is 5.32 Å². The van der Waals surface area contributed by atoms with Crippen LogP contribution in [0.5, 0.6) is 0 Å². The molecule has 0 fully saturated rings. The van der Waals surface area contributed by atoms with Crippen LogP contribution in [0, 0.1) is 0 Å². The highest BCUT2D eigenvalue weighted by Gasteiger charge is 2.33. The summed E-state index contributed by atoms with van der Waals surface area (Å²) >= 11 is 0. The van der Waals surface area contributed by atoms with E-state index in [0.717, 1.165) is 24.6 Å². The Morgan fingerprint density at radius 3 is 2.60 bits per heavy atom. The van der Waals surface area contributed by atoms with Crippen molar-refractivity contribution >= 4 is 0 Å². The number of hydrogen-bond donors (Lipinski definition) is 1. The molecule has 0 unspecified atom stereocenters. The van der Waals surface area contributed by atoms with Gasteiger partial charge in [0.1, 0.15) is 0 Å². The summed E-state index contributed by atoms with van der Waals surface area (Å²) in [4.78, 5) is 0. The maximum Gasteiger partial charge on any atom is 0.435 e. The van der Waals surface area contributed by atoms with E-state index >= 15 is 0 Å². The highest BCUT2D eigenvalue weighted by molar-refractivity contribution is 5.40. The van der Waals surface area contributed by atoms with Crippen LogP contribution in [0.1, 0.15) is 24.6 Å². The number of nitrogens with one attached hydrogen (secondary N) is 1. The lowest BCUT2D eigenvalue weighted by Gasteiger charge is -2.10. The van der Waals surface area contributed by atoms with Crippen LogP contribution >= 0.6 is 0 Å². The monoisotopic (exact) mass is 283 g/mol. The molecule has 1 heterocycles. The van der Waals surface area contributed by atoms with Gasteiger partial charge in [-0.05, 0) is 30.7 Å². The first-order valence-corrected chi connectivity index (χ1v) is 6.44. The Morgan fingerprint density at radius 2 is 1.95 bits per heavy atom. The summed E-state index contributed by atoms with van der Waals surface area (Å²) in [6.07, 6.45) is -2.08. The molecule has 0 amide bonds. The van der Waals surface area contributed by atoms with E-state index in [1.165, 1.54) is 10.9 Å². The van der Waals surface area contributed by atoms with Gasteiger partial charge in [-0.3, -0.25) is 0 Å². The van der Waals surface area contributed by atoms with Crippen LogP contribution in [0.15, 0.2) is 36.5 Å². The molecule has 1 aromatic heterocycles. The molecule has 0 radical (unpaired) electrons. The zero-order valence-corrected chi connectivity index (χ0v) is 11.1. The number of nitrogens with zero attached hydrogens (tertiary/aromatic N) is 2. The van der Waals surface area contributed by atoms with Crippen molar-refractivity contribution < 1.29 is 13.2 Å². The molecule has 0 bridgehead atoms. The maximum atomic E-state index is 12.6. The normalized spacial score (nSPS) is 11.8. The number of para-hydroxylation sites is 1. The number of aromatic nitrogens is 2. The van der Waals surface area contributed by atoms with Crippen molar-refractivity contribution in [1.29, 1.82) is 0 Å². The van der Waals surface area contributed by atoms with Crippen LogP contribution in [0.3, 0.4) is 0 Å². The summed E-state index contributed by atoms with van der Waals surface area (Å²) in [7, 11) is 0. The molecule has 1 aromatic carbocycles. The number of benzene rings is 1. The third kappa shape index (κ3) is 3.39. The molecule has 0 saturated carbocycles. The lowest BCUT2D eigenvalue weighted by Crippen LogP contribution is -2.16. The second-order valence-electron chi connectivity index (χ2n) is 4.45. The summed E-state index contributed by atoms with van der Waals surface area (Å²) in [5, 5.41) is 6.84. The molecule has 0 spiro atoms. The van der Waals surface area contributed by atoms with Gasteiger partial charge in [0.05, 0.1) is 5.69 Å². The summed E-state index contributed by atoms with van der Waals surface area (Å²) in [6.45, 7) is 3.52. The molecule has 2 aromatic rings. The van der Waals surface area contributed by atoms with Gasteiger partial charge in [0.2, 0.25) is 0 Å². The van der Waals surface area contributed by atoms with Crippen molar-refractivity contribution in [3.63, 3.8) is 0 Å². The van der Waals surface area contributed by atoms with Crippen LogP contribution in [0.2, 0.25) is 0 Å². The smallest absolute Gasteiger partial charge is 0.313 e. The molecular weight excluding hydrogens is 267 g/mol. The zero-order valence-electron chi connectivity index (χ0n) is 11.1. The Kier molecular flexibility index (Phi) is 4.44.